The van der Waals surface area contributed by atoms with Crippen molar-refractivity contribution in [1.82, 2.24) is 4.90 Å². The summed E-state index contributed by atoms with van der Waals surface area (Å²) in [7, 11) is 0. The lowest BCUT2D eigenvalue weighted by Gasteiger charge is -2.27. The maximum Gasteiger partial charge on any atom is 0.264 e. The van der Waals surface area contributed by atoms with Gasteiger partial charge in [-0.3, -0.25) is 4.79 Å². The van der Waals surface area contributed by atoms with Crippen molar-refractivity contribution in [3.8, 4) is 0 Å². The van der Waals surface area contributed by atoms with E-state index in [0.29, 0.717) is 6.54 Å². The summed E-state index contributed by atoms with van der Waals surface area (Å²) in [5.41, 5.74) is 7.67. The first-order valence-corrected chi connectivity index (χ1v) is 7.99. The van der Waals surface area contributed by atoms with E-state index in [1.54, 1.807) is 0 Å². The molecule has 2 aromatic rings. The number of nitrogen functional groups attached to an aromatic ring is 1. The molecular formula is C15H17BrN2OS. The molecule has 5 heteroatoms. The molecular weight excluding hydrogens is 336 g/mol. The number of nitrogens with zero attached hydrogens (tertiary/aromatic N) is 1. The highest BCUT2D eigenvalue weighted by molar-refractivity contribution is 9.11. The third kappa shape index (κ3) is 3.41. The highest BCUT2D eigenvalue weighted by Gasteiger charge is 2.21. The van der Waals surface area contributed by atoms with Crippen molar-refractivity contribution in [2.75, 3.05) is 5.73 Å². The molecule has 0 saturated heterocycles. The molecule has 106 valence electrons. The molecule has 0 bridgehead atoms. The van der Waals surface area contributed by atoms with Crippen molar-refractivity contribution >= 4 is 38.9 Å². The molecule has 0 aliphatic rings. The van der Waals surface area contributed by atoms with Gasteiger partial charge in [0.15, 0.2) is 0 Å². The number of anilines is 1. The molecule has 0 saturated carbocycles. The fourth-order valence-corrected chi connectivity index (χ4v) is 3.26. The molecule has 0 aliphatic carbocycles. The van der Waals surface area contributed by atoms with Crippen molar-refractivity contribution < 1.29 is 4.79 Å². The van der Waals surface area contributed by atoms with Crippen LogP contribution in [0.4, 0.5) is 5.69 Å². The van der Waals surface area contributed by atoms with Crippen LogP contribution in [0.1, 0.15) is 29.1 Å². The molecule has 1 aromatic heterocycles. The second-order valence-corrected chi connectivity index (χ2v) is 7.29. The molecule has 0 fully saturated rings. The number of carbonyl (C=O) groups is 1. The highest BCUT2D eigenvalue weighted by Crippen LogP contribution is 2.25. The summed E-state index contributed by atoms with van der Waals surface area (Å²) < 4.78 is 0.962. The zero-order valence-electron chi connectivity index (χ0n) is 11.5. The van der Waals surface area contributed by atoms with E-state index in [1.807, 2.05) is 55.1 Å². The number of benzene rings is 1. The van der Waals surface area contributed by atoms with Gasteiger partial charge in [-0.25, -0.2) is 0 Å². The first-order valence-electron chi connectivity index (χ1n) is 6.38. The largest absolute Gasteiger partial charge is 0.398 e. The number of thiophene rings is 1. The summed E-state index contributed by atoms with van der Waals surface area (Å²) in [5, 5.41) is 0. The van der Waals surface area contributed by atoms with Gasteiger partial charge in [0.05, 0.1) is 8.66 Å². The average Bonchev–Trinajstić information content (AvgIpc) is 2.83. The molecule has 0 spiro atoms. The molecule has 0 radical (unpaired) electrons. The Labute approximate surface area is 131 Å². The van der Waals surface area contributed by atoms with Gasteiger partial charge < -0.3 is 10.6 Å². The first-order chi connectivity index (χ1) is 9.49. The topological polar surface area (TPSA) is 46.3 Å². The van der Waals surface area contributed by atoms with Gasteiger partial charge in [0.1, 0.15) is 0 Å². The van der Waals surface area contributed by atoms with Crippen LogP contribution in [0.25, 0.3) is 0 Å². The third-order valence-corrected chi connectivity index (χ3v) is 4.68. The van der Waals surface area contributed by atoms with E-state index in [0.717, 1.165) is 19.9 Å². The number of para-hydroxylation sites is 1. The Bertz CT molecular complexity index is 609. The molecule has 0 unspecified atom stereocenters. The second kappa shape index (κ2) is 6.41. The van der Waals surface area contributed by atoms with Crippen molar-refractivity contribution in [3.05, 3.63) is 50.6 Å². The minimum Gasteiger partial charge on any atom is -0.398 e. The molecule has 2 N–H and O–H groups in total. The van der Waals surface area contributed by atoms with E-state index in [1.165, 1.54) is 11.3 Å². The van der Waals surface area contributed by atoms with E-state index in [4.69, 9.17) is 5.73 Å². The number of hydrogen-bond acceptors (Lipinski definition) is 3. The molecule has 2 rings (SSSR count). The van der Waals surface area contributed by atoms with Crippen LogP contribution in [0, 0.1) is 0 Å². The van der Waals surface area contributed by atoms with Crippen LogP contribution in [0.3, 0.4) is 0 Å². The van der Waals surface area contributed by atoms with Crippen LogP contribution >= 0.6 is 27.3 Å². The normalized spacial score (nSPS) is 10.8. The van der Waals surface area contributed by atoms with E-state index < -0.39 is 0 Å². The maximum absolute atomic E-state index is 12.6. The first kappa shape index (κ1) is 15.1. The van der Waals surface area contributed by atoms with Crippen molar-refractivity contribution in [2.45, 2.75) is 26.4 Å². The fraction of sp³-hybridized carbons (Fsp3) is 0.267. The predicted octanol–water partition coefficient (Wildman–Crippen LogP) is 4.14. The van der Waals surface area contributed by atoms with Gasteiger partial charge in [-0.1, -0.05) is 18.2 Å². The monoisotopic (exact) mass is 352 g/mol. The summed E-state index contributed by atoms with van der Waals surface area (Å²) >= 11 is 4.84. The Kier molecular flexibility index (Phi) is 4.83. The lowest BCUT2D eigenvalue weighted by molar-refractivity contribution is 0.0696. The van der Waals surface area contributed by atoms with E-state index in [-0.39, 0.29) is 11.9 Å². The molecule has 0 atom stereocenters. The van der Waals surface area contributed by atoms with Gasteiger partial charge in [-0.2, -0.15) is 0 Å². The van der Waals surface area contributed by atoms with Crippen molar-refractivity contribution in [3.63, 3.8) is 0 Å². The van der Waals surface area contributed by atoms with Crippen LogP contribution in [0.5, 0.6) is 0 Å². The Hall–Kier alpha value is -1.33. The summed E-state index contributed by atoms with van der Waals surface area (Å²) in [6, 6.07) is 11.5. The van der Waals surface area contributed by atoms with E-state index in [9.17, 15) is 4.79 Å². The second-order valence-electron chi connectivity index (χ2n) is 4.83. The molecule has 0 aliphatic heterocycles. The van der Waals surface area contributed by atoms with Crippen LogP contribution in [-0.2, 0) is 6.54 Å². The van der Waals surface area contributed by atoms with Crippen LogP contribution in [0.2, 0.25) is 0 Å². The summed E-state index contributed by atoms with van der Waals surface area (Å²) in [6.45, 7) is 4.55. The Morgan fingerprint density at radius 3 is 2.55 bits per heavy atom. The highest BCUT2D eigenvalue weighted by atomic mass is 79.9. The minimum atomic E-state index is 0.0407. The van der Waals surface area contributed by atoms with E-state index in [2.05, 4.69) is 15.9 Å². The third-order valence-electron chi connectivity index (χ3n) is 3.06. The quantitative estimate of drug-likeness (QED) is 0.840. The average molecular weight is 353 g/mol. The number of halogens is 1. The van der Waals surface area contributed by atoms with Crippen LogP contribution in [0.15, 0.2) is 40.2 Å². The van der Waals surface area contributed by atoms with E-state index >= 15 is 0 Å². The van der Waals surface area contributed by atoms with Gasteiger partial charge in [0.25, 0.3) is 5.91 Å². The summed E-state index contributed by atoms with van der Waals surface area (Å²) in [6.07, 6.45) is 0. The van der Waals surface area contributed by atoms with Crippen molar-refractivity contribution in [2.24, 2.45) is 0 Å². The zero-order chi connectivity index (χ0) is 14.7. The van der Waals surface area contributed by atoms with Gasteiger partial charge in [0, 0.05) is 18.3 Å². The van der Waals surface area contributed by atoms with Crippen LogP contribution < -0.4 is 5.73 Å². The number of amides is 1. The number of carbonyl (C=O) groups excluding carboxylic acids is 1. The van der Waals surface area contributed by atoms with Gasteiger partial charge in [-0.05, 0) is 53.5 Å². The molecule has 1 aromatic carbocycles. The minimum absolute atomic E-state index is 0.0407. The zero-order valence-corrected chi connectivity index (χ0v) is 13.9. The predicted molar refractivity (Wildman–Crippen MR) is 87.9 cm³/mol. The lowest BCUT2D eigenvalue weighted by atomic mass is 10.1. The maximum atomic E-state index is 12.6. The fourth-order valence-electron chi connectivity index (χ4n) is 1.92. The number of nitrogens with two attached hydrogens (primary N) is 1. The molecule has 1 amide bonds. The number of hydrogen-bond donors (Lipinski definition) is 1. The standard InChI is InChI=1S/C15H17BrN2OS/c1-10(2)18(9-11-5-3-4-6-12(11)17)15(19)13-7-8-14(16)20-13/h3-8,10H,9,17H2,1-2H3. The summed E-state index contributed by atoms with van der Waals surface area (Å²) in [4.78, 5) is 15.2. The molecule has 20 heavy (non-hydrogen) atoms. The SMILES string of the molecule is CC(C)N(Cc1ccccc1N)C(=O)c1ccc(Br)s1. The van der Waals surface area contributed by atoms with Crippen molar-refractivity contribution in [1.29, 1.82) is 0 Å². The lowest BCUT2D eigenvalue weighted by Crippen LogP contribution is -2.36. The van der Waals surface area contributed by atoms with Gasteiger partial charge >= 0.3 is 0 Å². The smallest absolute Gasteiger partial charge is 0.264 e. The van der Waals surface area contributed by atoms with Gasteiger partial charge in [0.2, 0.25) is 0 Å². The Morgan fingerprint density at radius 2 is 2.00 bits per heavy atom. The Balaban J connectivity index is 2.24. The molecule has 3 nitrogen and oxygen atoms in total. The molecule has 1 heterocycles. The summed E-state index contributed by atoms with van der Waals surface area (Å²) in [5.74, 6) is 0.0407. The number of rotatable bonds is 4. The van der Waals surface area contributed by atoms with Crippen LogP contribution in [-0.4, -0.2) is 16.8 Å². The Morgan fingerprint density at radius 1 is 1.30 bits per heavy atom. The van der Waals surface area contributed by atoms with Gasteiger partial charge in [-0.15, -0.1) is 11.3 Å².